The van der Waals surface area contributed by atoms with Gasteiger partial charge >= 0.3 is 6.09 Å². The van der Waals surface area contributed by atoms with Crippen LogP contribution in [0.1, 0.15) is 18.9 Å². The molecule has 0 aliphatic heterocycles. The van der Waals surface area contributed by atoms with Crippen LogP contribution in [0.4, 0.5) is 4.79 Å². The fourth-order valence-corrected chi connectivity index (χ4v) is 1.54. The van der Waals surface area contributed by atoms with Crippen LogP contribution in [0.5, 0.6) is 0 Å². The third-order valence-electron chi connectivity index (χ3n) is 2.33. The minimum atomic E-state index is -0.783. The molecule has 0 spiro atoms. The zero-order valence-corrected chi connectivity index (χ0v) is 8.77. The van der Waals surface area contributed by atoms with Gasteiger partial charge < -0.3 is 16.2 Å². The molecule has 15 heavy (non-hydrogen) atoms. The number of carbonyl (C=O) groups is 1. The number of primary amides is 1. The van der Waals surface area contributed by atoms with Crippen LogP contribution in [0.25, 0.3) is 0 Å². The van der Waals surface area contributed by atoms with E-state index in [1.165, 1.54) is 0 Å². The van der Waals surface area contributed by atoms with E-state index in [1.807, 2.05) is 30.3 Å². The Labute approximate surface area is 89.2 Å². The lowest BCUT2D eigenvalue weighted by Crippen LogP contribution is -2.33. The van der Waals surface area contributed by atoms with E-state index in [0.29, 0.717) is 13.0 Å². The quantitative estimate of drug-likeness (QED) is 0.783. The summed E-state index contributed by atoms with van der Waals surface area (Å²) in [6, 6.07) is 9.44. The highest BCUT2D eigenvalue weighted by Crippen LogP contribution is 2.28. The van der Waals surface area contributed by atoms with Crippen molar-refractivity contribution in [2.45, 2.75) is 18.9 Å². The largest absolute Gasteiger partial charge is 0.438 e. The SMILES string of the molecule is CC(CCN)(OC(N)=O)c1ccccc1. The molecule has 0 aliphatic rings. The second-order valence-electron chi connectivity index (χ2n) is 3.56. The topological polar surface area (TPSA) is 78.3 Å². The highest BCUT2D eigenvalue weighted by Gasteiger charge is 2.29. The number of hydrogen-bond acceptors (Lipinski definition) is 3. The molecule has 0 aliphatic carbocycles. The van der Waals surface area contributed by atoms with Gasteiger partial charge in [0.25, 0.3) is 0 Å². The summed E-state index contributed by atoms with van der Waals surface area (Å²) in [4.78, 5) is 10.8. The van der Waals surface area contributed by atoms with E-state index in [2.05, 4.69) is 0 Å². The predicted octanol–water partition coefficient (Wildman–Crippen LogP) is 1.35. The first-order chi connectivity index (χ1) is 7.08. The summed E-state index contributed by atoms with van der Waals surface area (Å²) < 4.78 is 5.12. The van der Waals surface area contributed by atoms with Gasteiger partial charge in [0.05, 0.1) is 0 Å². The van der Waals surface area contributed by atoms with Crippen molar-refractivity contribution >= 4 is 6.09 Å². The molecule has 0 radical (unpaired) electrons. The normalized spacial score (nSPS) is 14.3. The van der Waals surface area contributed by atoms with E-state index < -0.39 is 11.7 Å². The maximum atomic E-state index is 10.8. The highest BCUT2D eigenvalue weighted by atomic mass is 16.6. The van der Waals surface area contributed by atoms with Gasteiger partial charge in [-0.1, -0.05) is 30.3 Å². The Morgan fingerprint density at radius 1 is 1.40 bits per heavy atom. The monoisotopic (exact) mass is 208 g/mol. The molecular formula is C11H16N2O2. The lowest BCUT2D eigenvalue weighted by atomic mass is 9.92. The zero-order valence-electron chi connectivity index (χ0n) is 8.77. The Morgan fingerprint density at radius 2 is 2.00 bits per heavy atom. The molecule has 1 rings (SSSR count). The van der Waals surface area contributed by atoms with Gasteiger partial charge in [0.2, 0.25) is 0 Å². The number of hydrogen-bond donors (Lipinski definition) is 2. The van der Waals surface area contributed by atoms with Gasteiger partial charge in [-0.25, -0.2) is 4.79 Å². The number of amides is 1. The van der Waals surface area contributed by atoms with E-state index in [0.717, 1.165) is 5.56 Å². The van der Waals surface area contributed by atoms with Gasteiger partial charge in [0.15, 0.2) is 0 Å². The second kappa shape index (κ2) is 4.79. The number of rotatable bonds is 4. The van der Waals surface area contributed by atoms with Crippen molar-refractivity contribution in [1.82, 2.24) is 0 Å². The molecule has 0 aromatic heterocycles. The standard InChI is InChI=1S/C11H16N2O2/c1-11(7-8-12,15-10(13)14)9-5-3-2-4-6-9/h2-6H,7-8,12H2,1H3,(H2,13,14). The van der Waals surface area contributed by atoms with Gasteiger partial charge in [0.1, 0.15) is 5.60 Å². The van der Waals surface area contributed by atoms with Crippen molar-refractivity contribution < 1.29 is 9.53 Å². The van der Waals surface area contributed by atoms with Crippen LogP contribution in [0.3, 0.4) is 0 Å². The Bertz CT molecular complexity index is 327. The minimum absolute atomic E-state index is 0.429. The fourth-order valence-electron chi connectivity index (χ4n) is 1.54. The molecule has 0 heterocycles. The molecule has 0 saturated heterocycles. The van der Waals surface area contributed by atoms with Crippen LogP contribution in [0.2, 0.25) is 0 Å². The molecule has 0 fully saturated rings. The Kier molecular flexibility index (Phi) is 3.68. The summed E-state index contributed by atoms with van der Waals surface area (Å²) in [6.45, 7) is 2.23. The smallest absolute Gasteiger partial charge is 0.405 e. The maximum absolute atomic E-state index is 10.8. The van der Waals surface area contributed by atoms with E-state index in [9.17, 15) is 4.79 Å². The molecular weight excluding hydrogens is 192 g/mol. The molecule has 4 N–H and O–H groups in total. The predicted molar refractivity (Wildman–Crippen MR) is 58.1 cm³/mol. The minimum Gasteiger partial charge on any atom is -0.438 e. The van der Waals surface area contributed by atoms with E-state index in [4.69, 9.17) is 16.2 Å². The van der Waals surface area contributed by atoms with Gasteiger partial charge in [-0.3, -0.25) is 0 Å². The van der Waals surface area contributed by atoms with Crippen LogP contribution in [-0.2, 0) is 10.3 Å². The number of benzene rings is 1. The third-order valence-corrected chi connectivity index (χ3v) is 2.33. The summed E-state index contributed by atoms with van der Waals surface area (Å²) >= 11 is 0. The van der Waals surface area contributed by atoms with Gasteiger partial charge in [-0.15, -0.1) is 0 Å². The van der Waals surface area contributed by atoms with Crippen molar-refractivity contribution in [2.75, 3.05) is 6.54 Å². The summed E-state index contributed by atoms with van der Waals surface area (Å²) in [5.74, 6) is 0. The van der Waals surface area contributed by atoms with Crippen LogP contribution >= 0.6 is 0 Å². The molecule has 0 saturated carbocycles. The number of nitrogens with two attached hydrogens (primary N) is 2. The van der Waals surface area contributed by atoms with Crippen molar-refractivity contribution in [3.63, 3.8) is 0 Å². The molecule has 1 aromatic carbocycles. The molecule has 4 nitrogen and oxygen atoms in total. The molecule has 4 heteroatoms. The van der Waals surface area contributed by atoms with Crippen LogP contribution in [0.15, 0.2) is 30.3 Å². The summed E-state index contributed by atoms with van der Waals surface area (Å²) in [5, 5.41) is 0. The summed E-state index contributed by atoms with van der Waals surface area (Å²) in [6.07, 6.45) is -0.241. The number of ether oxygens (including phenoxy) is 1. The van der Waals surface area contributed by atoms with Crippen LogP contribution in [-0.4, -0.2) is 12.6 Å². The van der Waals surface area contributed by atoms with E-state index >= 15 is 0 Å². The van der Waals surface area contributed by atoms with E-state index in [-0.39, 0.29) is 0 Å². The first-order valence-corrected chi connectivity index (χ1v) is 4.82. The summed E-state index contributed by atoms with van der Waals surface area (Å²) in [7, 11) is 0. The first kappa shape index (κ1) is 11.5. The molecule has 1 atom stereocenters. The maximum Gasteiger partial charge on any atom is 0.405 e. The van der Waals surface area contributed by atoms with Gasteiger partial charge in [0, 0.05) is 6.42 Å². The summed E-state index contributed by atoms with van der Waals surface area (Å²) in [5.41, 5.74) is 10.7. The lowest BCUT2D eigenvalue weighted by Gasteiger charge is -2.28. The Hall–Kier alpha value is -1.55. The van der Waals surface area contributed by atoms with Gasteiger partial charge in [-0.05, 0) is 19.0 Å². The fraction of sp³-hybridized carbons (Fsp3) is 0.364. The Morgan fingerprint density at radius 3 is 2.47 bits per heavy atom. The van der Waals surface area contributed by atoms with Crippen LogP contribution < -0.4 is 11.5 Å². The highest BCUT2D eigenvalue weighted by molar-refractivity contribution is 5.65. The van der Waals surface area contributed by atoms with Crippen LogP contribution in [0, 0.1) is 0 Å². The number of carbonyl (C=O) groups excluding carboxylic acids is 1. The third kappa shape index (κ3) is 2.95. The van der Waals surface area contributed by atoms with E-state index in [1.54, 1.807) is 6.92 Å². The molecule has 1 unspecified atom stereocenters. The van der Waals surface area contributed by atoms with Gasteiger partial charge in [-0.2, -0.15) is 0 Å². The average molecular weight is 208 g/mol. The molecule has 1 aromatic rings. The molecule has 82 valence electrons. The second-order valence-corrected chi connectivity index (χ2v) is 3.56. The average Bonchev–Trinajstić information content (AvgIpc) is 2.18. The van der Waals surface area contributed by atoms with Crippen molar-refractivity contribution in [2.24, 2.45) is 11.5 Å². The molecule has 1 amide bonds. The zero-order chi connectivity index (χ0) is 11.3. The van der Waals surface area contributed by atoms with Crippen molar-refractivity contribution in [3.05, 3.63) is 35.9 Å². The molecule has 0 bridgehead atoms. The Balaban J connectivity index is 2.95. The first-order valence-electron chi connectivity index (χ1n) is 4.82. The lowest BCUT2D eigenvalue weighted by molar-refractivity contribution is 0.0231. The van der Waals surface area contributed by atoms with Crippen molar-refractivity contribution in [3.8, 4) is 0 Å². The van der Waals surface area contributed by atoms with Crippen molar-refractivity contribution in [1.29, 1.82) is 0 Å².